The molecule has 0 heterocycles. The normalized spacial score (nSPS) is 34.8. The van der Waals surface area contributed by atoms with Crippen molar-refractivity contribution in [3.63, 3.8) is 0 Å². The fourth-order valence-corrected chi connectivity index (χ4v) is 4.93. The van der Waals surface area contributed by atoms with Crippen LogP contribution in [0.15, 0.2) is 48.5 Å². The molecule has 1 fully saturated rings. The largest absolute Gasteiger partial charge is 0.0620 e. The molecule has 0 bridgehead atoms. The van der Waals surface area contributed by atoms with Gasteiger partial charge in [-0.25, -0.2) is 0 Å². The molecule has 2 unspecified atom stereocenters. The van der Waals surface area contributed by atoms with E-state index in [1.165, 1.54) is 12.8 Å². The Bertz CT molecular complexity index is 580. The molecule has 17 heavy (non-hydrogen) atoms. The summed E-state index contributed by atoms with van der Waals surface area (Å²) in [6, 6.07) is 18.2. The van der Waals surface area contributed by atoms with E-state index in [0.29, 0.717) is 5.41 Å². The topological polar surface area (TPSA) is 0 Å². The highest BCUT2D eigenvalue weighted by Crippen LogP contribution is 2.75. The Morgan fingerprint density at radius 3 is 1.71 bits per heavy atom. The van der Waals surface area contributed by atoms with E-state index >= 15 is 0 Å². The summed E-state index contributed by atoms with van der Waals surface area (Å²) in [6.45, 7) is 0. The van der Waals surface area contributed by atoms with E-state index in [9.17, 15) is 0 Å². The van der Waals surface area contributed by atoms with Gasteiger partial charge >= 0.3 is 0 Å². The van der Waals surface area contributed by atoms with Gasteiger partial charge in [0.1, 0.15) is 0 Å². The van der Waals surface area contributed by atoms with E-state index in [-0.39, 0.29) is 0 Å². The summed E-state index contributed by atoms with van der Waals surface area (Å²) >= 11 is 0. The van der Waals surface area contributed by atoms with Gasteiger partial charge in [-0.2, -0.15) is 0 Å². The van der Waals surface area contributed by atoms with Gasteiger partial charge in [-0.05, 0) is 46.9 Å². The summed E-state index contributed by atoms with van der Waals surface area (Å²) in [7, 11) is 0. The Morgan fingerprint density at radius 2 is 1.18 bits per heavy atom. The van der Waals surface area contributed by atoms with E-state index in [1.807, 2.05) is 0 Å². The van der Waals surface area contributed by atoms with E-state index < -0.39 is 0 Å². The Hall–Kier alpha value is -1.56. The van der Waals surface area contributed by atoms with Crippen LogP contribution in [0.1, 0.15) is 46.9 Å². The Balaban J connectivity index is 1.85. The van der Waals surface area contributed by atoms with Gasteiger partial charge in [-0.1, -0.05) is 48.5 Å². The van der Waals surface area contributed by atoms with E-state index in [0.717, 1.165) is 11.8 Å². The van der Waals surface area contributed by atoms with Crippen LogP contribution in [-0.4, -0.2) is 0 Å². The molecule has 2 atom stereocenters. The van der Waals surface area contributed by atoms with Gasteiger partial charge in [0, 0.05) is 5.41 Å². The third-order valence-electron chi connectivity index (χ3n) is 5.41. The molecule has 0 heteroatoms. The van der Waals surface area contributed by atoms with Crippen molar-refractivity contribution in [2.75, 3.05) is 0 Å². The van der Waals surface area contributed by atoms with Crippen molar-refractivity contribution in [1.29, 1.82) is 0 Å². The maximum Gasteiger partial charge on any atom is 0.0345 e. The molecule has 0 N–H and O–H groups in total. The quantitative estimate of drug-likeness (QED) is 0.628. The van der Waals surface area contributed by atoms with Crippen LogP contribution in [0.5, 0.6) is 0 Å². The van der Waals surface area contributed by atoms with Crippen LogP contribution in [0.4, 0.5) is 0 Å². The van der Waals surface area contributed by atoms with Gasteiger partial charge in [0.05, 0.1) is 0 Å². The number of rotatable bonds is 0. The van der Waals surface area contributed by atoms with E-state index in [4.69, 9.17) is 0 Å². The zero-order valence-electron chi connectivity index (χ0n) is 9.69. The summed E-state index contributed by atoms with van der Waals surface area (Å²) in [5.41, 5.74) is 6.96. The van der Waals surface area contributed by atoms with Crippen LogP contribution in [0, 0.1) is 0 Å². The molecule has 0 radical (unpaired) electrons. The van der Waals surface area contributed by atoms with Gasteiger partial charge in [0.15, 0.2) is 0 Å². The molecule has 0 saturated heterocycles. The zero-order chi connectivity index (χ0) is 11.0. The predicted molar refractivity (Wildman–Crippen MR) is 68.4 cm³/mol. The van der Waals surface area contributed by atoms with Crippen molar-refractivity contribution in [1.82, 2.24) is 0 Å². The molecule has 0 aliphatic heterocycles. The first-order valence-corrected chi connectivity index (χ1v) is 6.63. The number of benzene rings is 2. The van der Waals surface area contributed by atoms with Gasteiger partial charge in [-0.15, -0.1) is 0 Å². The first-order valence-electron chi connectivity index (χ1n) is 6.63. The van der Waals surface area contributed by atoms with Crippen molar-refractivity contribution in [2.24, 2.45) is 0 Å². The highest BCUT2D eigenvalue weighted by Gasteiger charge is 2.66. The van der Waals surface area contributed by atoms with Crippen LogP contribution in [0.25, 0.3) is 0 Å². The molecule has 3 aliphatic carbocycles. The summed E-state index contributed by atoms with van der Waals surface area (Å²) in [4.78, 5) is 0. The minimum atomic E-state index is 0.438. The summed E-state index contributed by atoms with van der Waals surface area (Å²) in [6.07, 6.45) is 2.77. The first kappa shape index (κ1) is 8.52. The molecule has 2 aromatic carbocycles. The molecule has 5 rings (SSSR count). The Kier molecular flexibility index (Phi) is 1.24. The smallest absolute Gasteiger partial charge is 0.0345 e. The fraction of sp³-hybridized carbons (Fsp3) is 0.294. The minimum absolute atomic E-state index is 0.438. The monoisotopic (exact) mass is 218 g/mol. The van der Waals surface area contributed by atoms with Crippen molar-refractivity contribution in [3.05, 3.63) is 70.8 Å². The average Bonchev–Trinajstić information content (AvgIpc) is 2.64. The van der Waals surface area contributed by atoms with Crippen LogP contribution in [0.2, 0.25) is 0 Å². The molecule has 0 aromatic heterocycles. The summed E-state index contributed by atoms with van der Waals surface area (Å²) < 4.78 is 0. The molecule has 3 aliphatic rings. The fourth-order valence-electron chi connectivity index (χ4n) is 4.93. The minimum Gasteiger partial charge on any atom is -0.0620 e. The maximum atomic E-state index is 2.36. The van der Waals surface area contributed by atoms with E-state index in [1.54, 1.807) is 22.3 Å². The van der Waals surface area contributed by atoms with Gasteiger partial charge in [0.2, 0.25) is 0 Å². The second-order valence-electron chi connectivity index (χ2n) is 5.73. The lowest BCUT2D eigenvalue weighted by atomic mass is 9.44. The van der Waals surface area contributed by atoms with Crippen LogP contribution < -0.4 is 0 Å². The molecular formula is C17H14. The second kappa shape index (κ2) is 2.48. The maximum absolute atomic E-state index is 2.36. The molecule has 1 saturated carbocycles. The average molecular weight is 218 g/mol. The molecule has 1 spiro atoms. The van der Waals surface area contributed by atoms with Gasteiger partial charge < -0.3 is 0 Å². The lowest BCUT2D eigenvalue weighted by Gasteiger charge is -2.58. The lowest BCUT2D eigenvalue weighted by molar-refractivity contribution is 0.315. The molecule has 0 nitrogen and oxygen atoms in total. The Labute approximate surface area is 101 Å². The molecule has 2 aromatic rings. The third-order valence-corrected chi connectivity index (χ3v) is 5.41. The van der Waals surface area contributed by atoms with E-state index in [2.05, 4.69) is 48.5 Å². The predicted octanol–water partition coefficient (Wildman–Crippen LogP) is 3.96. The molecule has 82 valence electrons. The number of hydrogen-bond donors (Lipinski definition) is 0. The van der Waals surface area contributed by atoms with Crippen LogP contribution in [0.3, 0.4) is 0 Å². The van der Waals surface area contributed by atoms with Gasteiger partial charge in [0.25, 0.3) is 0 Å². The van der Waals surface area contributed by atoms with Crippen molar-refractivity contribution in [3.8, 4) is 0 Å². The number of hydrogen-bond acceptors (Lipinski definition) is 0. The SMILES string of the molecule is c1ccc2c(c1)C1CCC3c4ccccc4C213. The molecular weight excluding hydrogens is 204 g/mol. The zero-order valence-corrected chi connectivity index (χ0v) is 9.69. The first-order chi connectivity index (χ1) is 8.44. The van der Waals surface area contributed by atoms with Gasteiger partial charge in [-0.3, -0.25) is 0 Å². The Morgan fingerprint density at radius 1 is 0.706 bits per heavy atom. The second-order valence-corrected chi connectivity index (χ2v) is 5.73. The van der Waals surface area contributed by atoms with Crippen LogP contribution in [-0.2, 0) is 5.41 Å². The standard InChI is InChI=1S/C17H14/c1-3-7-13-11(5-1)15-9-10-16-12-6-2-4-8-14(12)17(13,15)16/h1-8,15-16H,9-10H2. The highest BCUT2D eigenvalue weighted by molar-refractivity contribution is 5.70. The highest BCUT2D eigenvalue weighted by atomic mass is 14.7. The summed E-state index contributed by atoms with van der Waals surface area (Å²) in [5, 5.41) is 0. The van der Waals surface area contributed by atoms with Crippen molar-refractivity contribution in [2.45, 2.75) is 30.1 Å². The third kappa shape index (κ3) is 0.677. The molecule has 0 amide bonds. The lowest BCUT2D eigenvalue weighted by Crippen LogP contribution is -2.51. The van der Waals surface area contributed by atoms with Crippen LogP contribution >= 0.6 is 0 Å². The number of fused-ring (bicyclic) bond motifs is 4. The summed E-state index contributed by atoms with van der Waals surface area (Å²) in [5.74, 6) is 1.64. The van der Waals surface area contributed by atoms with Crippen molar-refractivity contribution < 1.29 is 0 Å². The van der Waals surface area contributed by atoms with Crippen molar-refractivity contribution >= 4 is 0 Å².